The van der Waals surface area contributed by atoms with Gasteiger partial charge >= 0.3 is 0 Å². The van der Waals surface area contributed by atoms with Gasteiger partial charge in [0.1, 0.15) is 11.8 Å². The summed E-state index contributed by atoms with van der Waals surface area (Å²) in [6.07, 6.45) is 1.59. The minimum atomic E-state index is -0.892. The second-order valence-corrected chi connectivity index (χ2v) is 8.33. The van der Waals surface area contributed by atoms with Gasteiger partial charge in [0.25, 0.3) is 11.7 Å². The molecule has 1 aliphatic rings. The SMILES string of the molecule is Cc1ccc(N2C(=O)C(=O)/C(=C(\O)c3ccc4ccccc4c3)C2c2ccccn2)cc1Cl. The predicted molar refractivity (Wildman–Crippen MR) is 129 cm³/mol. The quantitative estimate of drug-likeness (QED) is 0.240. The molecule has 0 aliphatic carbocycles. The zero-order valence-corrected chi connectivity index (χ0v) is 18.5. The van der Waals surface area contributed by atoms with Crippen molar-refractivity contribution in [2.75, 3.05) is 4.90 Å². The van der Waals surface area contributed by atoms with Gasteiger partial charge in [0.15, 0.2) is 0 Å². The van der Waals surface area contributed by atoms with Crippen LogP contribution in [-0.2, 0) is 9.59 Å². The van der Waals surface area contributed by atoms with Crippen molar-refractivity contribution in [1.29, 1.82) is 0 Å². The van der Waals surface area contributed by atoms with Gasteiger partial charge in [-0.25, -0.2) is 0 Å². The topological polar surface area (TPSA) is 70.5 Å². The Balaban J connectivity index is 1.73. The number of aryl methyl sites for hydroxylation is 1. The fourth-order valence-electron chi connectivity index (χ4n) is 4.14. The maximum atomic E-state index is 13.2. The molecule has 6 heteroatoms. The number of pyridine rings is 1. The summed E-state index contributed by atoms with van der Waals surface area (Å²) in [5.41, 5.74) is 2.22. The van der Waals surface area contributed by atoms with Crippen LogP contribution in [0.15, 0.2) is 90.6 Å². The lowest BCUT2D eigenvalue weighted by Crippen LogP contribution is -2.29. The molecule has 33 heavy (non-hydrogen) atoms. The average molecular weight is 455 g/mol. The highest BCUT2D eigenvalue weighted by Gasteiger charge is 2.47. The van der Waals surface area contributed by atoms with Crippen LogP contribution in [0.25, 0.3) is 16.5 Å². The van der Waals surface area contributed by atoms with Crippen molar-refractivity contribution in [1.82, 2.24) is 4.98 Å². The molecular weight excluding hydrogens is 436 g/mol. The number of halogens is 1. The Hall–Kier alpha value is -3.96. The van der Waals surface area contributed by atoms with Crippen LogP contribution in [0.1, 0.15) is 22.9 Å². The molecule has 3 aromatic carbocycles. The lowest BCUT2D eigenvalue weighted by molar-refractivity contribution is -0.132. The van der Waals surface area contributed by atoms with Gasteiger partial charge in [-0.15, -0.1) is 0 Å². The third-order valence-corrected chi connectivity index (χ3v) is 6.28. The highest BCUT2D eigenvalue weighted by Crippen LogP contribution is 2.42. The number of carbonyl (C=O) groups is 2. The van der Waals surface area contributed by atoms with Gasteiger partial charge in [-0.2, -0.15) is 0 Å². The Morgan fingerprint density at radius 1 is 0.939 bits per heavy atom. The van der Waals surface area contributed by atoms with Crippen molar-refractivity contribution in [3.05, 3.63) is 112 Å². The van der Waals surface area contributed by atoms with Gasteiger partial charge in [0.05, 0.1) is 11.3 Å². The van der Waals surface area contributed by atoms with Gasteiger partial charge in [0.2, 0.25) is 0 Å². The number of Topliss-reactive ketones (excluding diaryl/α,β-unsaturated/α-hetero) is 1. The van der Waals surface area contributed by atoms with Crippen LogP contribution in [-0.4, -0.2) is 21.8 Å². The highest BCUT2D eigenvalue weighted by atomic mass is 35.5. The molecule has 1 aliphatic heterocycles. The summed E-state index contributed by atoms with van der Waals surface area (Å²) < 4.78 is 0. The smallest absolute Gasteiger partial charge is 0.300 e. The van der Waals surface area contributed by atoms with Crippen molar-refractivity contribution >= 4 is 45.5 Å². The molecule has 5 nitrogen and oxygen atoms in total. The zero-order valence-electron chi connectivity index (χ0n) is 17.7. The number of amides is 1. The van der Waals surface area contributed by atoms with E-state index in [-0.39, 0.29) is 11.3 Å². The summed E-state index contributed by atoms with van der Waals surface area (Å²) in [5.74, 6) is -1.75. The minimum Gasteiger partial charge on any atom is -0.507 e. The molecule has 162 valence electrons. The number of anilines is 1. The van der Waals surface area contributed by atoms with Gasteiger partial charge < -0.3 is 5.11 Å². The van der Waals surface area contributed by atoms with Crippen LogP contribution < -0.4 is 4.90 Å². The third-order valence-electron chi connectivity index (χ3n) is 5.87. The molecule has 4 aromatic rings. The maximum absolute atomic E-state index is 13.2. The van der Waals surface area contributed by atoms with Crippen LogP contribution in [0.4, 0.5) is 5.69 Å². The average Bonchev–Trinajstić information content (AvgIpc) is 3.11. The van der Waals surface area contributed by atoms with E-state index < -0.39 is 17.7 Å². The molecule has 5 rings (SSSR count). The Kier molecular flexibility index (Phi) is 5.19. The van der Waals surface area contributed by atoms with E-state index in [0.717, 1.165) is 16.3 Å². The molecule has 0 spiro atoms. The molecule has 0 saturated carbocycles. The van der Waals surface area contributed by atoms with E-state index in [9.17, 15) is 14.7 Å². The molecule has 1 fully saturated rings. The number of carbonyl (C=O) groups excluding carboxylic acids is 2. The van der Waals surface area contributed by atoms with Crippen molar-refractivity contribution in [3.8, 4) is 0 Å². The van der Waals surface area contributed by atoms with Crippen molar-refractivity contribution in [3.63, 3.8) is 0 Å². The van der Waals surface area contributed by atoms with E-state index >= 15 is 0 Å². The molecule has 0 bridgehead atoms. The van der Waals surface area contributed by atoms with Crippen LogP contribution in [0.5, 0.6) is 0 Å². The standard InChI is InChI=1S/C27H19ClN2O3/c1-16-9-12-20(15-21(16)28)30-24(22-8-4-5-13-29-22)23(26(32)27(30)33)25(31)19-11-10-17-6-2-3-7-18(17)14-19/h2-15,24,31H,1H3/b25-23-. The van der Waals surface area contributed by atoms with E-state index in [0.29, 0.717) is 22.0 Å². The van der Waals surface area contributed by atoms with Gasteiger partial charge in [-0.05, 0) is 53.6 Å². The number of nitrogens with zero attached hydrogens (tertiary/aromatic N) is 2. The molecule has 1 N–H and O–H groups in total. The Morgan fingerprint density at radius 2 is 1.70 bits per heavy atom. The highest BCUT2D eigenvalue weighted by molar-refractivity contribution is 6.51. The Labute approximate surface area is 195 Å². The van der Waals surface area contributed by atoms with E-state index in [1.54, 1.807) is 54.7 Å². The molecule has 1 saturated heterocycles. The number of rotatable bonds is 3. The summed E-state index contributed by atoms with van der Waals surface area (Å²) >= 11 is 6.32. The first kappa shape index (κ1) is 20.9. The first-order valence-corrected chi connectivity index (χ1v) is 10.8. The summed E-state index contributed by atoms with van der Waals surface area (Å²) in [4.78, 5) is 32.2. The first-order valence-electron chi connectivity index (χ1n) is 10.4. The van der Waals surface area contributed by atoms with Crippen LogP contribution >= 0.6 is 11.6 Å². The van der Waals surface area contributed by atoms with Gasteiger partial charge in [0, 0.05) is 22.5 Å². The lowest BCUT2D eigenvalue weighted by atomic mass is 9.97. The van der Waals surface area contributed by atoms with Gasteiger partial charge in [-0.1, -0.05) is 60.1 Å². The number of benzene rings is 3. The lowest BCUT2D eigenvalue weighted by Gasteiger charge is -2.25. The minimum absolute atomic E-state index is 0.00863. The predicted octanol–water partition coefficient (Wildman–Crippen LogP) is 5.82. The van der Waals surface area contributed by atoms with Crippen molar-refractivity contribution in [2.24, 2.45) is 0 Å². The maximum Gasteiger partial charge on any atom is 0.300 e. The second-order valence-electron chi connectivity index (χ2n) is 7.92. The largest absolute Gasteiger partial charge is 0.507 e. The second kappa shape index (κ2) is 8.19. The van der Waals surface area contributed by atoms with E-state index in [1.807, 2.05) is 37.3 Å². The number of aromatic nitrogens is 1. The number of aliphatic hydroxyl groups is 1. The molecule has 1 aromatic heterocycles. The van der Waals surface area contributed by atoms with E-state index in [2.05, 4.69) is 4.98 Å². The van der Waals surface area contributed by atoms with Crippen LogP contribution in [0.2, 0.25) is 5.02 Å². The summed E-state index contributed by atoms with van der Waals surface area (Å²) in [6, 6.07) is 22.7. The molecule has 1 amide bonds. The summed E-state index contributed by atoms with van der Waals surface area (Å²) in [7, 11) is 0. The monoisotopic (exact) mass is 454 g/mol. The number of ketones is 1. The number of aliphatic hydroxyl groups excluding tert-OH is 1. The number of hydrogen-bond donors (Lipinski definition) is 1. The normalized spacial score (nSPS) is 17.6. The number of hydrogen-bond acceptors (Lipinski definition) is 4. The first-order chi connectivity index (χ1) is 16.0. The fourth-order valence-corrected chi connectivity index (χ4v) is 4.31. The third kappa shape index (κ3) is 3.56. The van der Waals surface area contributed by atoms with Crippen molar-refractivity contribution < 1.29 is 14.7 Å². The van der Waals surface area contributed by atoms with Gasteiger partial charge in [-0.3, -0.25) is 19.5 Å². The summed E-state index contributed by atoms with van der Waals surface area (Å²) in [5, 5.41) is 13.7. The van der Waals surface area contributed by atoms with Crippen molar-refractivity contribution in [2.45, 2.75) is 13.0 Å². The molecular formula is C27H19ClN2O3. The zero-order chi connectivity index (χ0) is 23.1. The Bertz CT molecular complexity index is 1450. The fraction of sp³-hybridized carbons (Fsp3) is 0.0741. The molecule has 1 unspecified atom stereocenters. The molecule has 0 radical (unpaired) electrons. The van der Waals surface area contributed by atoms with Crippen LogP contribution in [0.3, 0.4) is 0 Å². The number of fused-ring (bicyclic) bond motifs is 1. The van der Waals surface area contributed by atoms with E-state index in [1.165, 1.54) is 4.90 Å². The summed E-state index contributed by atoms with van der Waals surface area (Å²) in [6.45, 7) is 1.86. The Morgan fingerprint density at radius 3 is 2.42 bits per heavy atom. The van der Waals surface area contributed by atoms with Crippen LogP contribution in [0, 0.1) is 6.92 Å². The van der Waals surface area contributed by atoms with E-state index in [4.69, 9.17) is 11.6 Å². The molecule has 2 heterocycles. The molecule has 1 atom stereocenters.